The number of piperidine rings is 1. The van der Waals surface area contributed by atoms with Gasteiger partial charge in [0, 0.05) is 13.1 Å². The van der Waals surface area contributed by atoms with E-state index >= 15 is 0 Å². The van der Waals surface area contributed by atoms with Crippen molar-refractivity contribution in [3.63, 3.8) is 0 Å². The van der Waals surface area contributed by atoms with E-state index in [-0.39, 0.29) is 18.4 Å². The SMILES string of the molecule is O=C(CN1CSCC1=O)N1CCCCC1. The molecular weight excluding hydrogens is 212 g/mol. The largest absolute Gasteiger partial charge is 0.341 e. The number of carbonyl (C=O) groups excluding carboxylic acids is 2. The molecule has 2 fully saturated rings. The second-order valence-electron chi connectivity index (χ2n) is 4.01. The number of thioether (sulfide) groups is 1. The molecule has 5 heteroatoms. The van der Waals surface area contributed by atoms with Crippen LogP contribution in [-0.4, -0.2) is 52.9 Å². The number of likely N-dealkylation sites (tertiary alicyclic amines) is 1. The highest BCUT2D eigenvalue weighted by atomic mass is 32.2. The summed E-state index contributed by atoms with van der Waals surface area (Å²) in [6, 6.07) is 0. The van der Waals surface area contributed by atoms with Gasteiger partial charge in [0.15, 0.2) is 0 Å². The molecular formula is C10H16N2O2S. The first-order valence-electron chi connectivity index (χ1n) is 5.40. The summed E-state index contributed by atoms with van der Waals surface area (Å²) in [6.45, 7) is 2.02. The number of carbonyl (C=O) groups is 2. The predicted octanol–water partition coefficient (Wildman–Crippen LogP) is 0.532. The van der Waals surface area contributed by atoms with Gasteiger partial charge >= 0.3 is 0 Å². The van der Waals surface area contributed by atoms with Crippen molar-refractivity contribution in [1.29, 1.82) is 0 Å². The van der Waals surface area contributed by atoms with Crippen LogP contribution in [0.15, 0.2) is 0 Å². The number of rotatable bonds is 2. The fourth-order valence-corrected chi connectivity index (χ4v) is 2.85. The van der Waals surface area contributed by atoms with E-state index in [0.29, 0.717) is 11.6 Å². The van der Waals surface area contributed by atoms with E-state index < -0.39 is 0 Å². The highest BCUT2D eigenvalue weighted by Crippen LogP contribution is 2.15. The molecule has 4 nitrogen and oxygen atoms in total. The first-order valence-corrected chi connectivity index (χ1v) is 6.56. The normalized spacial score (nSPS) is 22.3. The van der Waals surface area contributed by atoms with Crippen LogP contribution < -0.4 is 0 Å². The maximum absolute atomic E-state index is 11.8. The Hall–Kier alpha value is -0.710. The van der Waals surface area contributed by atoms with Gasteiger partial charge in [-0.25, -0.2) is 0 Å². The highest BCUT2D eigenvalue weighted by molar-refractivity contribution is 8.00. The quantitative estimate of drug-likeness (QED) is 0.692. The topological polar surface area (TPSA) is 40.6 Å². The molecule has 2 heterocycles. The lowest BCUT2D eigenvalue weighted by Gasteiger charge is -2.28. The van der Waals surface area contributed by atoms with Crippen LogP contribution in [0.4, 0.5) is 0 Å². The van der Waals surface area contributed by atoms with Gasteiger partial charge in [-0.15, -0.1) is 11.8 Å². The number of hydrogen-bond donors (Lipinski definition) is 0. The average molecular weight is 228 g/mol. The molecule has 0 aromatic heterocycles. The van der Waals surface area contributed by atoms with Gasteiger partial charge in [-0.2, -0.15) is 0 Å². The zero-order chi connectivity index (χ0) is 10.7. The fraction of sp³-hybridized carbons (Fsp3) is 0.800. The molecule has 0 atom stereocenters. The first kappa shape index (κ1) is 10.8. The summed E-state index contributed by atoms with van der Waals surface area (Å²) in [5.74, 6) is 1.43. The van der Waals surface area contributed by atoms with Crippen molar-refractivity contribution in [3.05, 3.63) is 0 Å². The lowest BCUT2D eigenvalue weighted by molar-refractivity contribution is -0.138. The highest BCUT2D eigenvalue weighted by Gasteiger charge is 2.25. The van der Waals surface area contributed by atoms with Gasteiger partial charge in [-0.05, 0) is 19.3 Å². The summed E-state index contributed by atoms with van der Waals surface area (Å²) in [4.78, 5) is 26.7. The van der Waals surface area contributed by atoms with Crippen LogP contribution in [-0.2, 0) is 9.59 Å². The summed E-state index contributed by atoms with van der Waals surface area (Å²) < 4.78 is 0. The van der Waals surface area contributed by atoms with E-state index in [4.69, 9.17) is 0 Å². The van der Waals surface area contributed by atoms with Gasteiger partial charge in [0.25, 0.3) is 0 Å². The van der Waals surface area contributed by atoms with E-state index in [1.165, 1.54) is 6.42 Å². The van der Waals surface area contributed by atoms with Crippen LogP contribution in [0.3, 0.4) is 0 Å². The van der Waals surface area contributed by atoms with E-state index in [2.05, 4.69) is 0 Å². The van der Waals surface area contributed by atoms with Crippen molar-refractivity contribution in [1.82, 2.24) is 9.80 Å². The minimum absolute atomic E-state index is 0.102. The zero-order valence-corrected chi connectivity index (χ0v) is 9.59. The summed E-state index contributed by atoms with van der Waals surface area (Å²) >= 11 is 1.58. The second kappa shape index (κ2) is 4.88. The van der Waals surface area contributed by atoms with Crippen molar-refractivity contribution < 1.29 is 9.59 Å². The molecule has 0 aromatic rings. The summed E-state index contributed by atoms with van der Waals surface area (Å²) in [7, 11) is 0. The Bertz CT molecular complexity index is 264. The summed E-state index contributed by atoms with van der Waals surface area (Å²) in [5.41, 5.74) is 0. The Morgan fingerprint density at radius 3 is 2.60 bits per heavy atom. The number of nitrogens with zero attached hydrogens (tertiary/aromatic N) is 2. The number of hydrogen-bond acceptors (Lipinski definition) is 3. The maximum atomic E-state index is 11.8. The first-order chi connectivity index (χ1) is 7.27. The summed E-state index contributed by atoms with van der Waals surface area (Å²) in [6.07, 6.45) is 3.44. The fourth-order valence-electron chi connectivity index (χ4n) is 1.95. The molecule has 2 rings (SSSR count). The minimum atomic E-state index is 0.102. The van der Waals surface area contributed by atoms with Crippen molar-refractivity contribution in [3.8, 4) is 0 Å². The van der Waals surface area contributed by atoms with Crippen LogP contribution >= 0.6 is 11.8 Å². The molecule has 0 saturated carbocycles. The van der Waals surface area contributed by atoms with Crippen molar-refractivity contribution in [2.75, 3.05) is 31.3 Å². The van der Waals surface area contributed by atoms with E-state index in [1.807, 2.05) is 4.90 Å². The van der Waals surface area contributed by atoms with E-state index in [9.17, 15) is 9.59 Å². The lowest BCUT2D eigenvalue weighted by atomic mass is 10.1. The third kappa shape index (κ3) is 2.65. The third-order valence-electron chi connectivity index (χ3n) is 2.86. The second-order valence-corrected chi connectivity index (χ2v) is 4.97. The van der Waals surface area contributed by atoms with Crippen LogP contribution in [0.2, 0.25) is 0 Å². The standard InChI is InChI=1S/C10H16N2O2S/c13-9(11-4-2-1-3-5-11)6-12-8-15-7-10(12)14/h1-8H2. The molecule has 0 unspecified atom stereocenters. The average Bonchev–Trinajstić information content (AvgIpc) is 2.66. The van der Waals surface area contributed by atoms with Crippen molar-refractivity contribution in [2.24, 2.45) is 0 Å². The molecule has 84 valence electrons. The summed E-state index contributed by atoms with van der Waals surface area (Å²) in [5, 5.41) is 0. The van der Waals surface area contributed by atoms with E-state index in [0.717, 1.165) is 25.9 Å². The molecule has 0 N–H and O–H groups in total. The molecule has 0 bridgehead atoms. The van der Waals surface area contributed by atoms with Gasteiger partial charge in [0.05, 0.1) is 11.6 Å². The molecule has 15 heavy (non-hydrogen) atoms. The van der Waals surface area contributed by atoms with Gasteiger partial charge in [-0.1, -0.05) is 0 Å². The monoisotopic (exact) mass is 228 g/mol. The molecule has 0 radical (unpaired) electrons. The van der Waals surface area contributed by atoms with Gasteiger partial charge in [0.2, 0.25) is 11.8 Å². The molecule has 2 saturated heterocycles. The molecule has 2 aliphatic rings. The lowest BCUT2D eigenvalue weighted by Crippen LogP contribution is -2.43. The van der Waals surface area contributed by atoms with Gasteiger partial charge in [-0.3, -0.25) is 9.59 Å². The zero-order valence-electron chi connectivity index (χ0n) is 8.78. The van der Waals surface area contributed by atoms with Crippen molar-refractivity contribution >= 4 is 23.6 Å². The molecule has 0 aliphatic carbocycles. The Morgan fingerprint density at radius 1 is 1.27 bits per heavy atom. The Balaban J connectivity index is 1.82. The van der Waals surface area contributed by atoms with E-state index in [1.54, 1.807) is 16.7 Å². The third-order valence-corrected chi connectivity index (χ3v) is 3.81. The van der Waals surface area contributed by atoms with Crippen LogP contribution in [0, 0.1) is 0 Å². The molecule has 0 spiro atoms. The smallest absolute Gasteiger partial charge is 0.242 e. The molecule has 0 aromatic carbocycles. The van der Waals surface area contributed by atoms with Gasteiger partial charge < -0.3 is 9.80 Å². The number of amides is 2. The Morgan fingerprint density at radius 2 is 2.00 bits per heavy atom. The van der Waals surface area contributed by atoms with Crippen LogP contribution in [0.25, 0.3) is 0 Å². The predicted molar refractivity (Wildman–Crippen MR) is 59.5 cm³/mol. The molecule has 2 amide bonds. The Labute approximate surface area is 94.0 Å². The Kier molecular flexibility index (Phi) is 3.51. The van der Waals surface area contributed by atoms with Crippen molar-refractivity contribution in [2.45, 2.75) is 19.3 Å². The van der Waals surface area contributed by atoms with Crippen LogP contribution in [0.1, 0.15) is 19.3 Å². The molecule has 2 aliphatic heterocycles. The maximum Gasteiger partial charge on any atom is 0.242 e. The van der Waals surface area contributed by atoms with Gasteiger partial charge in [0.1, 0.15) is 6.54 Å². The van der Waals surface area contributed by atoms with Crippen LogP contribution in [0.5, 0.6) is 0 Å². The minimum Gasteiger partial charge on any atom is -0.341 e.